The first kappa shape index (κ1) is 24.4. The van der Waals surface area contributed by atoms with Gasteiger partial charge in [-0.2, -0.15) is 0 Å². The Kier molecular flexibility index (Phi) is 8.52. The van der Waals surface area contributed by atoms with E-state index in [9.17, 15) is 24.6 Å². The molecule has 8 nitrogen and oxygen atoms in total. The second-order valence-electron chi connectivity index (χ2n) is 8.16. The monoisotopic (exact) mass is 440 g/mol. The van der Waals surface area contributed by atoms with Crippen molar-refractivity contribution in [2.45, 2.75) is 57.9 Å². The maximum atomic E-state index is 12.4. The molecule has 0 saturated carbocycles. The van der Waals surface area contributed by atoms with Crippen molar-refractivity contribution < 1.29 is 29.7 Å². The van der Waals surface area contributed by atoms with Crippen molar-refractivity contribution in [3.63, 3.8) is 0 Å². The molecule has 6 atom stereocenters. The molecule has 0 aromatic carbocycles. The number of carbonyl (C=O) groups is 3. The van der Waals surface area contributed by atoms with E-state index in [-0.39, 0.29) is 28.8 Å². The van der Waals surface area contributed by atoms with Crippen molar-refractivity contribution in [3.8, 4) is 0 Å². The Labute approximate surface area is 181 Å². The third-order valence-corrected chi connectivity index (χ3v) is 7.42. The second kappa shape index (κ2) is 10.5. The van der Waals surface area contributed by atoms with Gasteiger partial charge < -0.3 is 25.5 Å². The van der Waals surface area contributed by atoms with E-state index in [4.69, 9.17) is 5.11 Å². The number of hydrogen-bond donors (Lipinski definition) is 4. The van der Waals surface area contributed by atoms with Crippen molar-refractivity contribution >= 4 is 29.6 Å². The van der Waals surface area contributed by atoms with Gasteiger partial charge in [-0.05, 0) is 32.2 Å². The molecular formula is C21H32N2O6S. The van der Waals surface area contributed by atoms with Crippen LogP contribution in [0.3, 0.4) is 0 Å². The third kappa shape index (κ3) is 5.25. The van der Waals surface area contributed by atoms with Gasteiger partial charge in [0.2, 0.25) is 5.91 Å². The van der Waals surface area contributed by atoms with Crippen LogP contribution in [-0.4, -0.2) is 68.6 Å². The molecule has 2 aliphatic rings. The van der Waals surface area contributed by atoms with Crippen LogP contribution in [0.5, 0.6) is 0 Å². The van der Waals surface area contributed by atoms with Crippen LogP contribution in [-0.2, 0) is 14.4 Å². The van der Waals surface area contributed by atoms with Crippen molar-refractivity contribution in [1.29, 1.82) is 0 Å². The molecule has 2 aliphatic heterocycles. The highest BCUT2D eigenvalue weighted by atomic mass is 32.2. The molecule has 1 fully saturated rings. The number of aliphatic hydroxyl groups excluding tert-OH is 1. The fourth-order valence-electron chi connectivity index (χ4n) is 4.26. The highest BCUT2D eigenvalue weighted by Crippen LogP contribution is 2.51. The molecule has 2 rings (SSSR count). The number of aliphatic hydroxyl groups is 1. The standard InChI is InChI=1S/C21H32N2O6S/c1-5-14(9-11(2)10-22-8-6-7-15(25)26)30-19-12(3)17-16(13(4)24)20(27)23(17)18(19)21(28)29/h6-7,11-14,16-17,22,24H,5,8-10H2,1-4H3,(H,25,26)(H,28,29)/b7-6+/t11-,12+,13+,14+,16+,17+/m0/s1. The van der Waals surface area contributed by atoms with Crippen molar-refractivity contribution in [2.75, 3.05) is 13.1 Å². The van der Waals surface area contributed by atoms with Gasteiger partial charge in [0.15, 0.2) is 0 Å². The van der Waals surface area contributed by atoms with E-state index in [1.165, 1.54) is 16.7 Å². The summed E-state index contributed by atoms with van der Waals surface area (Å²) in [5.74, 6) is -2.73. The number of nitrogens with one attached hydrogen (secondary N) is 1. The number of carbonyl (C=O) groups excluding carboxylic acids is 1. The molecular weight excluding hydrogens is 408 g/mol. The lowest BCUT2D eigenvalue weighted by Gasteiger charge is -2.46. The zero-order chi connectivity index (χ0) is 22.6. The molecule has 0 radical (unpaired) electrons. The van der Waals surface area contributed by atoms with Gasteiger partial charge in [-0.25, -0.2) is 9.59 Å². The maximum Gasteiger partial charge on any atom is 0.353 e. The number of fused-ring (bicyclic) bond motifs is 1. The molecule has 0 unspecified atom stereocenters. The number of hydrogen-bond acceptors (Lipinski definition) is 6. The summed E-state index contributed by atoms with van der Waals surface area (Å²) in [5.41, 5.74) is 0.0717. The van der Waals surface area contributed by atoms with Gasteiger partial charge in [0.1, 0.15) is 5.70 Å². The molecule has 1 saturated heterocycles. The van der Waals surface area contributed by atoms with E-state index >= 15 is 0 Å². The summed E-state index contributed by atoms with van der Waals surface area (Å²) in [6, 6.07) is -0.288. The van der Waals surface area contributed by atoms with Crippen LogP contribution in [0.4, 0.5) is 0 Å². The topological polar surface area (TPSA) is 127 Å². The van der Waals surface area contributed by atoms with Gasteiger partial charge in [0, 0.05) is 28.7 Å². The van der Waals surface area contributed by atoms with Crippen molar-refractivity contribution in [3.05, 3.63) is 22.8 Å². The number of rotatable bonds is 12. The third-order valence-electron chi connectivity index (χ3n) is 5.74. The van der Waals surface area contributed by atoms with Gasteiger partial charge in [0.05, 0.1) is 18.1 Å². The molecule has 1 amide bonds. The SMILES string of the molecule is CC[C@H](C[C@H](C)CNC/C=C/C(=O)O)SC1=C(C(=O)O)N2C(=O)[C@H]([C@@H](C)O)[C@H]2[C@H]1C. The van der Waals surface area contributed by atoms with Gasteiger partial charge in [0.25, 0.3) is 0 Å². The van der Waals surface area contributed by atoms with Crippen LogP contribution >= 0.6 is 11.8 Å². The van der Waals surface area contributed by atoms with Gasteiger partial charge in [-0.15, -0.1) is 11.8 Å². The van der Waals surface area contributed by atoms with Gasteiger partial charge >= 0.3 is 11.9 Å². The number of carboxylic acids is 2. The predicted octanol–water partition coefficient (Wildman–Crippen LogP) is 1.91. The number of amides is 1. The van der Waals surface area contributed by atoms with Crippen molar-refractivity contribution in [2.24, 2.45) is 17.8 Å². The summed E-state index contributed by atoms with van der Waals surface area (Å²) in [4.78, 5) is 36.9. The van der Waals surface area contributed by atoms with Crippen LogP contribution in [0.15, 0.2) is 22.8 Å². The molecule has 168 valence electrons. The largest absolute Gasteiger partial charge is 0.478 e. The fraction of sp³-hybridized carbons (Fsp3) is 0.667. The Bertz CT molecular complexity index is 735. The molecule has 30 heavy (non-hydrogen) atoms. The molecule has 0 aromatic rings. The molecule has 2 heterocycles. The number of thioether (sulfide) groups is 1. The normalized spacial score (nSPS) is 26.5. The highest BCUT2D eigenvalue weighted by molar-refractivity contribution is 8.03. The Hall–Kier alpha value is -1.84. The molecule has 0 bridgehead atoms. The van der Waals surface area contributed by atoms with Crippen LogP contribution in [0, 0.1) is 17.8 Å². The Morgan fingerprint density at radius 1 is 1.30 bits per heavy atom. The number of nitrogens with zero attached hydrogens (tertiary/aromatic N) is 1. The number of carboxylic acid groups (broad SMARTS) is 2. The number of β-lactam (4-membered cyclic amide) rings is 1. The lowest BCUT2D eigenvalue weighted by atomic mass is 9.79. The Morgan fingerprint density at radius 3 is 2.50 bits per heavy atom. The predicted molar refractivity (Wildman–Crippen MR) is 115 cm³/mol. The second-order valence-corrected chi connectivity index (χ2v) is 9.50. The Morgan fingerprint density at radius 2 is 1.97 bits per heavy atom. The summed E-state index contributed by atoms with van der Waals surface area (Å²) in [6.45, 7) is 8.87. The first-order valence-electron chi connectivity index (χ1n) is 10.3. The average Bonchev–Trinajstić information content (AvgIpc) is 2.89. The van der Waals surface area contributed by atoms with Crippen molar-refractivity contribution in [1.82, 2.24) is 10.2 Å². The molecule has 4 N–H and O–H groups in total. The van der Waals surface area contributed by atoms with Crippen LogP contribution < -0.4 is 5.32 Å². The number of aliphatic carboxylic acids is 2. The highest BCUT2D eigenvalue weighted by Gasteiger charge is 2.60. The van der Waals surface area contributed by atoms with Gasteiger partial charge in [-0.1, -0.05) is 26.8 Å². The lowest BCUT2D eigenvalue weighted by Crippen LogP contribution is -2.63. The van der Waals surface area contributed by atoms with Crippen LogP contribution in [0.25, 0.3) is 0 Å². The summed E-state index contributed by atoms with van der Waals surface area (Å²) in [6.07, 6.45) is 3.58. The summed E-state index contributed by atoms with van der Waals surface area (Å²) >= 11 is 1.54. The van der Waals surface area contributed by atoms with E-state index in [1.54, 1.807) is 13.0 Å². The minimum absolute atomic E-state index is 0.0717. The zero-order valence-electron chi connectivity index (χ0n) is 17.9. The molecule has 0 spiro atoms. The molecule has 0 aromatic heterocycles. The van der Waals surface area contributed by atoms with Crippen LogP contribution in [0.1, 0.15) is 40.5 Å². The fourth-order valence-corrected chi connectivity index (χ4v) is 5.86. The quantitative estimate of drug-likeness (QED) is 0.206. The summed E-state index contributed by atoms with van der Waals surface area (Å²) < 4.78 is 0. The smallest absolute Gasteiger partial charge is 0.353 e. The summed E-state index contributed by atoms with van der Waals surface area (Å²) in [5, 5.41) is 31.7. The van der Waals surface area contributed by atoms with E-state index in [0.717, 1.165) is 30.4 Å². The Balaban J connectivity index is 2.02. The maximum absolute atomic E-state index is 12.4. The van der Waals surface area contributed by atoms with E-state index in [1.807, 2.05) is 6.92 Å². The molecule has 9 heteroatoms. The first-order chi connectivity index (χ1) is 14.1. The first-order valence-corrected chi connectivity index (χ1v) is 11.2. The van der Waals surface area contributed by atoms with E-state index in [2.05, 4.69) is 19.2 Å². The van der Waals surface area contributed by atoms with E-state index in [0.29, 0.717) is 12.5 Å². The average molecular weight is 441 g/mol. The lowest BCUT2D eigenvalue weighted by molar-refractivity contribution is -0.163. The minimum Gasteiger partial charge on any atom is -0.478 e. The minimum atomic E-state index is -1.10. The van der Waals surface area contributed by atoms with E-state index < -0.39 is 24.0 Å². The van der Waals surface area contributed by atoms with Crippen LogP contribution in [0.2, 0.25) is 0 Å². The summed E-state index contributed by atoms with van der Waals surface area (Å²) in [7, 11) is 0. The molecule has 0 aliphatic carbocycles. The zero-order valence-corrected chi connectivity index (χ0v) is 18.7. The van der Waals surface area contributed by atoms with Gasteiger partial charge in [-0.3, -0.25) is 4.79 Å².